The molecule has 5 atom stereocenters. The number of carboxylic acids is 1. The van der Waals surface area contributed by atoms with Crippen LogP contribution in [0, 0.1) is 23.7 Å². The molecule has 1 amide bonds. The number of nitrogens with one attached hydrogen (secondary N) is 1. The van der Waals surface area contributed by atoms with Crippen molar-refractivity contribution in [3.8, 4) is 0 Å². The van der Waals surface area contributed by atoms with E-state index in [1.54, 1.807) is 0 Å². The lowest BCUT2D eigenvalue weighted by molar-refractivity contribution is -0.146. The highest BCUT2D eigenvalue weighted by Gasteiger charge is 2.51. The third kappa shape index (κ3) is 2.90. The molecule has 0 radical (unpaired) electrons. The minimum absolute atomic E-state index is 0.000954. The van der Waals surface area contributed by atoms with Gasteiger partial charge in [0.1, 0.15) is 0 Å². The van der Waals surface area contributed by atoms with Crippen molar-refractivity contribution in [1.29, 1.82) is 0 Å². The standard InChI is InChI=1S/C19H23NO3/c1-3-11(2)12-6-8-15(9-7-12)20-18(21)16-13-4-5-14(10-13)17(16)19(22)23/h4-9,11,13-14,16-17H,3,10H2,1-2H3,(H,20,21)(H,22,23)/t11-,13-,14+,16-,17+/m1/s1. The number of benzene rings is 1. The van der Waals surface area contributed by atoms with E-state index in [-0.39, 0.29) is 17.7 Å². The van der Waals surface area contributed by atoms with E-state index in [1.165, 1.54) is 5.56 Å². The van der Waals surface area contributed by atoms with Crippen molar-refractivity contribution in [2.45, 2.75) is 32.6 Å². The minimum atomic E-state index is -0.867. The van der Waals surface area contributed by atoms with Crippen LogP contribution >= 0.6 is 0 Å². The maximum atomic E-state index is 12.6. The molecule has 23 heavy (non-hydrogen) atoms. The number of carbonyl (C=O) groups excluding carboxylic acids is 1. The van der Waals surface area contributed by atoms with Gasteiger partial charge in [-0.2, -0.15) is 0 Å². The van der Waals surface area contributed by atoms with Crippen molar-refractivity contribution in [3.05, 3.63) is 42.0 Å². The SMILES string of the molecule is CC[C@@H](C)c1ccc(NC(=O)[C@H]2[C@@H](C(=O)O)[C@H]3C=C[C@@H]2C3)cc1. The molecule has 122 valence electrons. The first-order valence-electron chi connectivity index (χ1n) is 8.33. The van der Waals surface area contributed by atoms with Gasteiger partial charge in [0.2, 0.25) is 5.91 Å². The molecule has 4 heteroatoms. The van der Waals surface area contributed by atoms with E-state index in [9.17, 15) is 14.7 Å². The van der Waals surface area contributed by atoms with Crippen LogP contribution in [0.3, 0.4) is 0 Å². The molecule has 0 aliphatic heterocycles. The molecule has 4 nitrogen and oxygen atoms in total. The normalized spacial score (nSPS) is 29.5. The molecule has 3 rings (SSSR count). The number of anilines is 1. The molecule has 2 aliphatic carbocycles. The number of carboxylic acid groups (broad SMARTS) is 1. The number of allylic oxidation sites excluding steroid dienone is 2. The molecule has 0 heterocycles. The summed E-state index contributed by atoms with van der Waals surface area (Å²) in [7, 11) is 0. The zero-order valence-electron chi connectivity index (χ0n) is 13.5. The fourth-order valence-corrected chi connectivity index (χ4v) is 3.87. The minimum Gasteiger partial charge on any atom is -0.481 e. The van der Waals surface area contributed by atoms with Crippen molar-refractivity contribution < 1.29 is 14.7 Å². The van der Waals surface area contributed by atoms with Crippen LogP contribution in [0.15, 0.2) is 36.4 Å². The molecule has 1 fully saturated rings. The Morgan fingerprint density at radius 2 is 1.78 bits per heavy atom. The van der Waals surface area contributed by atoms with Crippen molar-refractivity contribution in [3.63, 3.8) is 0 Å². The third-order valence-corrected chi connectivity index (χ3v) is 5.41. The van der Waals surface area contributed by atoms with E-state index < -0.39 is 17.8 Å². The van der Waals surface area contributed by atoms with Crippen LogP contribution in [0.1, 0.15) is 38.2 Å². The number of hydrogen-bond donors (Lipinski definition) is 2. The molecule has 0 unspecified atom stereocenters. The Kier molecular flexibility index (Phi) is 4.24. The van der Waals surface area contributed by atoms with Gasteiger partial charge in [-0.1, -0.05) is 38.1 Å². The Morgan fingerprint density at radius 3 is 2.35 bits per heavy atom. The Balaban J connectivity index is 1.72. The first-order chi connectivity index (χ1) is 11.0. The van der Waals surface area contributed by atoms with Gasteiger partial charge in [-0.3, -0.25) is 9.59 Å². The highest BCUT2D eigenvalue weighted by Crippen LogP contribution is 2.48. The van der Waals surface area contributed by atoms with Crippen LogP contribution in [-0.2, 0) is 9.59 Å². The molecule has 0 spiro atoms. The van der Waals surface area contributed by atoms with Gasteiger partial charge >= 0.3 is 5.97 Å². The van der Waals surface area contributed by atoms with Crippen LogP contribution in [0.4, 0.5) is 5.69 Å². The van der Waals surface area contributed by atoms with E-state index in [2.05, 4.69) is 19.2 Å². The third-order valence-electron chi connectivity index (χ3n) is 5.41. The van der Waals surface area contributed by atoms with Crippen molar-refractivity contribution in [1.82, 2.24) is 0 Å². The number of aliphatic carboxylic acids is 1. The van der Waals surface area contributed by atoms with E-state index >= 15 is 0 Å². The number of rotatable bonds is 5. The Morgan fingerprint density at radius 1 is 1.17 bits per heavy atom. The van der Waals surface area contributed by atoms with Gasteiger partial charge in [0.05, 0.1) is 11.8 Å². The summed E-state index contributed by atoms with van der Waals surface area (Å²) >= 11 is 0. The molecule has 1 saturated carbocycles. The zero-order chi connectivity index (χ0) is 16.6. The topological polar surface area (TPSA) is 66.4 Å². The number of hydrogen-bond acceptors (Lipinski definition) is 2. The molecule has 0 aromatic heterocycles. The van der Waals surface area contributed by atoms with Gasteiger partial charge in [0, 0.05) is 5.69 Å². The molecule has 0 saturated heterocycles. The lowest BCUT2D eigenvalue weighted by Gasteiger charge is -2.24. The largest absolute Gasteiger partial charge is 0.481 e. The predicted octanol–water partition coefficient (Wildman–Crippen LogP) is 3.66. The summed E-state index contributed by atoms with van der Waals surface area (Å²) in [4.78, 5) is 24.1. The molecular formula is C19H23NO3. The summed E-state index contributed by atoms with van der Waals surface area (Å²) in [6.07, 6.45) is 5.81. The molecule has 1 aromatic rings. The fourth-order valence-electron chi connectivity index (χ4n) is 3.87. The lowest BCUT2D eigenvalue weighted by Crippen LogP contribution is -2.36. The predicted molar refractivity (Wildman–Crippen MR) is 89.1 cm³/mol. The molecule has 2 bridgehead atoms. The van der Waals surface area contributed by atoms with E-state index in [0.717, 1.165) is 18.5 Å². The van der Waals surface area contributed by atoms with Gasteiger partial charge in [0.15, 0.2) is 0 Å². The Bertz CT molecular complexity index is 635. The zero-order valence-corrected chi connectivity index (χ0v) is 13.5. The first kappa shape index (κ1) is 15.8. The quantitative estimate of drug-likeness (QED) is 0.815. The highest BCUT2D eigenvalue weighted by atomic mass is 16.4. The molecular weight excluding hydrogens is 290 g/mol. The van der Waals surface area contributed by atoms with E-state index in [0.29, 0.717) is 5.92 Å². The van der Waals surface area contributed by atoms with Crippen molar-refractivity contribution >= 4 is 17.6 Å². The van der Waals surface area contributed by atoms with E-state index in [1.807, 2.05) is 36.4 Å². The summed E-state index contributed by atoms with van der Waals surface area (Å²) < 4.78 is 0. The number of fused-ring (bicyclic) bond motifs is 2. The number of amides is 1. The second-order valence-electron chi connectivity index (χ2n) is 6.76. The average molecular weight is 313 g/mol. The average Bonchev–Trinajstić information content (AvgIpc) is 3.15. The van der Waals surface area contributed by atoms with Gasteiger partial charge in [-0.05, 0) is 48.3 Å². The van der Waals surface area contributed by atoms with Gasteiger partial charge < -0.3 is 10.4 Å². The smallest absolute Gasteiger partial charge is 0.307 e. The summed E-state index contributed by atoms with van der Waals surface area (Å²) in [5.41, 5.74) is 1.98. The van der Waals surface area contributed by atoms with Crippen LogP contribution in [0.25, 0.3) is 0 Å². The molecule has 2 N–H and O–H groups in total. The fraction of sp³-hybridized carbons (Fsp3) is 0.474. The monoisotopic (exact) mass is 313 g/mol. The first-order valence-corrected chi connectivity index (χ1v) is 8.33. The van der Waals surface area contributed by atoms with Crippen molar-refractivity contribution in [2.24, 2.45) is 23.7 Å². The summed E-state index contributed by atoms with van der Waals surface area (Å²) in [5, 5.41) is 12.3. The second kappa shape index (κ2) is 6.19. The summed E-state index contributed by atoms with van der Waals surface area (Å²) in [6.45, 7) is 4.32. The summed E-state index contributed by atoms with van der Waals surface area (Å²) in [5.74, 6) is -1.55. The van der Waals surface area contributed by atoms with Crippen LogP contribution in [0.5, 0.6) is 0 Å². The molecule has 1 aromatic carbocycles. The van der Waals surface area contributed by atoms with E-state index in [4.69, 9.17) is 0 Å². The molecule has 2 aliphatic rings. The summed E-state index contributed by atoms with van der Waals surface area (Å²) in [6, 6.07) is 7.86. The second-order valence-corrected chi connectivity index (χ2v) is 6.76. The van der Waals surface area contributed by atoms with Crippen LogP contribution in [-0.4, -0.2) is 17.0 Å². The van der Waals surface area contributed by atoms with Crippen molar-refractivity contribution in [2.75, 3.05) is 5.32 Å². The van der Waals surface area contributed by atoms with Crippen LogP contribution in [0.2, 0.25) is 0 Å². The van der Waals surface area contributed by atoms with Crippen LogP contribution < -0.4 is 5.32 Å². The highest BCUT2D eigenvalue weighted by molar-refractivity contribution is 5.96. The Hall–Kier alpha value is -2.10. The maximum absolute atomic E-state index is 12.6. The maximum Gasteiger partial charge on any atom is 0.307 e. The van der Waals surface area contributed by atoms with Gasteiger partial charge in [-0.15, -0.1) is 0 Å². The lowest BCUT2D eigenvalue weighted by atomic mass is 9.82. The van der Waals surface area contributed by atoms with Gasteiger partial charge in [0.25, 0.3) is 0 Å². The Labute approximate surface area is 136 Å². The van der Waals surface area contributed by atoms with Gasteiger partial charge in [-0.25, -0.2) is 0 Å². The number of carbonyl (C=O) groups is 2.